The molecule has 0 heterocycles. The van der Waals surface area contributed by atoms with E-state index >= 15 is 0 Å². The number of ether oxygens (including phenoxy) is 1. The number of carbonyl (C=O) groups is 1. The van der Waals surface area contributed by atoms with Crippen LogP contribution in [-0.4, -0.2) is 20.1 Å². The molecule has 0 aliphatic rings. The van der Waals surface area contributed by atoms with Crippen molar-refractivity contribution in [2.24, 2.45) is 0 Å². The van der Waals surface area contributed by atoms with Gasteiger partial charge in [-0.25, -0.2) is 12.8 Å². The van der Waals surface area contributed by atoms with Gasteiger partial charge in [-0.1, -0.05) is 37.3 Å². The van der Waals surface area contributed by atoms with E-state index in [4.69, 9.17) is 4.74 Å². The van der Waals surface area contributed by atoms with Crippen molar-refractivity contribution in [1.29, 1.82) is 5.26 Å². The predicted octanol–water partition coefficient (Wildman–Crippen LogP) is 6.13. The van der Waals surface area contributed by atoms with Crippen LogP contribution in [0.4, 0.5) is 10.1 Å². The van der Waals surface area contributed by atoms with Crippen molar-refractivity contribution in [2.45, 2.75) is 18.2 Å². The molecule has 1 amide bonds. The molecular formula is C29H23FN2O4S. The van der Waals surface area contributed by atoms with Crippen molar-refractivity contribution in [1.82, 2.24) is 0 Å². The molecular weight excluding hydrogens is 491 g/mol. The number of benzene rings is 4. The van der Waals surface area contributed by atoms with Crippen molar-refractivity contribution in [3.8, 4) is 28.7 Å². The van der Waals surface area contributed by atoms with Crippen LogP contribution in [0.2, 0.25) is 0 Å². The highest BCUT2D eigenvalue weighted by Crippen LogP contribution is 2.36. The van der Waals surface area contributed by atoms with E-state index in [1.165, 1.54) is 24.3 Å². The topological polar surface area (TPSA) is 96.3 Å². The maximum atomic E-state index is 13.5. The van der Waals surface area contributed by atoms with E-state index < -0.39 is 9.84 Å². The highest BCUT2D eigenvalue weighted by Gasteiger charge is 2.14. The van der Waals surface area contributed by atoms with Crippen molar-refractivity contribution in [3.63, 3.8) is 0 Å². The zero-order chi connectivity index (χ0) is 26.4. The SMILES string of the molecule is CCS(=O)(=O)c1ccc(CC(=O)Nc2ccc(-c3ccc(F)cc3)c(Oc3cccc(C#N)c3)c2)cc1. The minimum atomic E-state index is -3.31. The zero-order valence-electron chi connectivity index (χ0n) is 19.9. The average Bonchev–Trinajstić information content (AvgIpc) is 2.90. The highest BCUT2D eigenvalue weighted by molar-refractivity contribution is 7.91. The Hall–Kier alpha value is -4.48. The van der Waals surface area contributed by atoms with Gasteiger partial charge in [0, 0.05) is 17.3 Å². The number of halogens is 1. The Morgan fingerprint density at radius 3 is 2.38 bits per heavy atom. The van der Waals surface area contributed by atoms with Gasteiger partial charge in [-0.15, -0.1) is 0 Å². The number of nitrogens with one attached hydrogen (secondary N) is 1. The number of nitriles is 1. The van der Waals surface area contributed by atoms with E-state index in [1.54, 1.807) is 73.7 Å². The Morgan fingerprint density at radius 1 is 0.973 bits per heavy atom. The van der Waals surface area contributed by atoms with Crippen LogP contribution in [0.1, 0.15) is 18.1 Å². The van der Waals surface area contributed by atoms with Crippen LogP contribution >= 0.6 is 0 Å². The Bertz CT molecular complexity index is 1580. The first kappa shape index (κ1) is 25.6. The van der Waals surface area contributed by atoms with Gasteiger partial charge in [0.25, 0.3) is 0 Å². The number of anilines is 1. The van der Waals surface area contributed by atoms with Gasteiger partial charge in [0.1, 0.15) is 17.3 Å². The third kappa shape index (κ3) is 6.40. The normalized spacial score (nSPS) is 10.9. The molecule has 0 unspecified atom stereocenters. The summed E-state index contributed by atoms with van der Waals surface area (Å²) in [5.74, 6) is 0.197. The summed E-state index contributed by atoms with van der Waals surface area (Å²) >= 11 is 0. The predicted molar refractivity (Wildman–Crippen MR) is 140 cm³/mol. The summed E-state index contributed by atoms with van der Waals surface area (Å²) in [5, 5.41) is 12.0. The lowest BCUT2D eigenvalue weighted by molar-refractivity contribution is -0.115. The Morgan fingerprint density at radius 2 is 1.70 bits per heavy atom. The number of rotatable bonds is 8. The summed E-state index contributed by atoms with van der Waals surface area (Å²) in [4.78, 5) is 12.9. The molecule has 0 fully saturated rings. The van der Waals surface area contributed by atoms with Gasteiger partial charge in [0.05, 0.1) is 28.7 Å². The highest BCUT2D eigenvalue weighted by atomic mass is 32.2. The summed E-state index contributed by atoms with van der Waals surface area (Å²) in [6.45, 7) is 1.58. The second-order valence-corrected chi connectivity index (χ2v) is 10.5. The molecule has 0 saturated carbocycles. The molecule has 0 radical (unpaired) electrons. The molecule has 0 saturated heterocycles. The van der Waals surface area contributed by atoms with Crippen molar-refractivity contribution in [3.05, 3.63) is 108 Å². The molecule has 8 heteroatoms. The van der Waals surface area contributed by atoms with Gasteiger partial charge < -0.3 is 10.1 Å². The van der Waals surface area contributed by atoms with Gasteiger partial charge in [-0.3, -0.25) is 4.79 Å². The first-order chi connectivity index (χ1) is 17.8. The molecule has 0 aliphatic heterocycles. The summed E-state index contributed by atoms with van der Waals surface area (Å²) in [6.07, 6.45) is 0.0482. The van der Waals surface area contributed by atoms with Crippen molar-refractivity contribution < 1.29 is 22.3 Å². The second-order valence-electron chi connectivity index (χ2n) is 8.23. The van der Waals surface area contributed by atoms with Crippen LogP contribution in [0.15, 0.2) is 95.9 Å². The Kier molecular flexibility index (Phi) is 7.66. The molecule has 0 bridgehead atoms. The number of hydrogen-bond acceptors (Lipinski definition) is 5. The fourth-order valence-corrected chi connectivity index (χ4v) is 4.56. The molecule has 0 atom stereocenters. The molecule has 6 nitrogen and oxygen atoms in total. The number of hydrogen-bond donors (Lipinski definition) is 1. The van der Waals surface area contributed by atoms with E-state index in [-0.39, 0.29) is 28.8 Å². The molecule has 0 spiro atoms. The smallest absolute Gasteiger partial charge is 0.228 e. The second kappa shape index (κ2) is 11.1. The third-order valence-electron chi connectivity index (χ3n) is 5.64. The number of nitrogens with zero attached hydrogens (tertiary/aromatic N) is 1. The van der Waals surface area contributed by atoms with Crippen LogP contribution in [-0.2, 0) is 21.1 Å². The van der Waals surface area contributed by atoms with E-state index in [1.807, 2.05) is 0 Å². The van der Waals surface area contributed by atoms with Gasteiger partial charge in [0.2, 0.25) is 5.91 Å². The Labute approximate surface area is 214 Å². The van der Waals surface area contributed by atoms with Crippen LogP contribution in [0.5, 0.6) is 11.5 Å². The minimum absolute atomic E-state index is 0.00591. The van der Waals surface area contributed by atoms with Crippen LogP contribution < -0.4 is 10.1 Å². The third-order valence-corrected chi connectivity index (χ3v) is 7.39. The summed E-state index contributed by atoms with van der Waals surface area (Å²) in [6, 6.07) is 26.1. The molecule has 1 N–H and O–H groups in total. The molecule has 4 aromatic carbocycles. The molecule has 186 valence electrons. The van der Waals surface area contributed by atoms with Gasteiger partial charge in [-0.05, 0) is 65.7 Å². The maximum absolute atomic E-state index is 13.5. The Balaban J connectivity index is 1.57. The van der Waals surface area contributed by atoms with Crippen LogP contribution in [0, 0.1) is 17.1 Å². The molecule has 4 aromatic rings. The minimum Gasteiger partial charge on any atom is -0.457 e. The monoisotopic (exact) mass is 514 g/mol. The number of sulfone groups is 1. The molecule has 0 aromatic heterocycles. The van der Waals surface area contributed by atoms with Gasteiger partial charge in [-0.2, -0.15) is 5.26 Å². The summed E-state index contributed by atoms with van der Waals surface area (Å²) < 4.78 is 43.5. The quantitative estimate of drug-likeness (QED) is 0.305. The number of carbonyl (C=O) groups excluding carboxylic acids is 1. The summed E-state index contributed by atoms with van der Waals surface area (Å²) in [7, 11) is -3.31. The zero-order valence-corrected chi connectivity index (χ0v) is 20.8. The largest absolute Gasteiger partial charge is 0.457 e. The first-order valence-corrected chi connectivity index (χ1v) is 13.1. The van der Waals surface area contributed by atoms with E-state index in [2.05, 4.69) is 11.4 Å². The van der Waals surface area contributed by atoms with E-state index in [0.717, 1.165) is 0 Å². The van der Waals surface area contributed by atoms with Gasteiger partial charge >= 0.3 is 0 Å². The lowest BCUT2D eigenvalue weighted by Crippen LogP contribution is -2.14. The fraction of sp³-hybridized carbons (Fsp3) is 0.103. The maximum Gasteiger partial charge on any atom is 0.228 e. The van der Waals surface area contributed by atoms with Crippen LogP contribution in [0.25, 0.3) is 11.1 Å². The molecule has 4 rings (SSSR count). The van der Waals surface area contributed by atoms with E-state index in [9.17, 15) is 22.9 Å². The first-order valence-electron chi connectivity index (χ1n) is 11.5. The fourth-order valence-electron chi connectivity index (χ4n) is 3.68. The number of amides is 1. The molecule has 0 aliphatic carbocycles. The average molecular weight is 515 g/mol. The van der Waals surface area contributed by atoms with Crippen LogP contribution in [0.3, 0.4) is 0 Å². The molecule has 37 heavy (non-hydrogen) atoms. The van der Waals surface area contributed by atoms with Crippen molar-refractivity contribution >= 4 is 21.4 Å². The van der Waals surface area contributed by atoms with E-state index in [0.29, 0.717) is 39.4 Å². The van der Waals surface area contributed by atoms with Gasteiger partial charge in [0.15, 0.2) is 9.84 Å². The standard InChI is InChI=1S/C29H23FN2O4S/c1-2-37(34,35)26-13-6-20(7-14-26)17-29(33)32-24-12-15-27(22-8-10-23(30)11-9-22)28(18-24)36-25-5-3-4-21(16-25)19-31/h3-16,18H,2,17H2,1H3,(H,32,33). The summed E-state index contributed by atoms with van der Waals surface area (Å²) in [5.41, 5.74) is 2.97. The lowest BCUT2D eigenvalue weighted by atomic mass is 10.0. The lowest BCUT2D eigenvalue weighted by Gasteiger charge is -2.14. The van der Waals surface area contributed by atoms with Crippen molar-refractivity contribution in [2.75, 3.05) is 11.1 Å².